The molecule has 1 saturated heterocycles. The van der Waals surface area contributed by atoms with E-state index >= 15 is 0 Å². The number of aliphatic imine (C=N–C) groups is 1. The van der Waals surface area contributed by atoms with E-state index in [1.807, 2.05) is 0 Å². The molecule has 3 aliphatic rings. The molecule has 7 nitrogen and oxygen atoms in total. The summed E-state index contributed by atoms with van der Waals surface area (Å²) < 4.78 is 67.5. The van der Waals surface area contributed by atoms with Crippen LogP contribution >= 0.6 is 0 Å². The van der Waals surface area contributed by atoms with Crippen LogP contribution in [0.2, 0.25) is 0 Å². The van der Waals surface area contributed by atoms with E-state index in [0.717, 1.165) is 37.6 Å². The number of nitrogens with one attached hydrogen (secondary N) is 1. The maximum atomic E-state index is 13.5. The molecule has 11 heteroatoms. The van der Waals surface area contributed by atoms with Crippen LogP contribution in [0.1, 0.15) is 61.6 Å². The molecule has 1 aromatic carbocycles. The lowest BCUT2D eigenvalue weighted by Crippen LogP contribution is -2.51. The molecule has 0 bridgehead atoms. The Bertz CT molecular complexity index is 1060. The molecule has 0 unspecified atom stereocenters. The molecule has 2 aliphatic heterocycles. The summed E-state index contributed by atoms with van der Waals surface area (Å²) in [5.41, 5.74) is 3.94. The number of carbonyl (C=O) groups is 1. The minimum atomic E-state index is -4.59. The van der Waals surface area contributed by atoms with Gasteiger partial charge in [-0.15, -0.1) is 0 Å². The van der Waals surface area contributed by atoms with Gasteiger partial charge in [-0.2, -0.15) is 13.2 Å². The van der Waals surface area contributed by atoms with Crippen LogP contribution in [0, 0.1) is 5.92 Å². The van der Waals surface area contributed by atoms with Crippen LogP contribution in [-0.2, 0) is 34.0 Å². The summed E-state index contributed by atoms with van der Waals surface area (Å²) in [4.78, 5) is 17.5. The van der Waals surface area contributed by atoms with Gasteiger partial charge in [-0.3, -0.25) is 9.79 Å². The molecule has 0 radical (unpaired) electrons. The molecule has 2 fully saturated rings. The highest BCUT2D eigenvalue weighted by Gasteiger charge is 2.48. The molecule has 1 saturated carbocycles. The van der Waals surface area contributed by atoms with Crippen molar-refractivity contribution in [3.8, 4) is 0 Å². The zero-order valence-corrected chi connectivity index (χ0v) is 19.8. The number of halogens is 3. The summed E-state index contributed by atoms with van der Waals surface area (Å²) in [5.74, 6) is 0.391. The summed E-state index contributed by atoms with van der Waals surface area (Å²) >= 11 is 0. The number of hydrogen-bond donors (Lipinski definition) is 2. The maximum absolute atomic E-state index is 13.5. The van der Waals surface area contributed by atoms with Gasteiger partial charge in [-0.05, 0) is 49.3 Å². The van der Waals surface area contributed by atoms with E-state index in [-0.39, 0.29) is 56.3 Å². The Morgan fingerprint density at radius 2 is 1.82 bits per heavy atom. The Hall–Kier alpha value is -1.98. The van der Waals surface area contributed by atoms with Crippen molar-refractivity contribution in [1.29, 1.82) is 0 Å². The van der Waals surface area contributed by atoms with Gasteiger partial charge in [0.1, 0.15) is 11.4 Å². The lowest BCUT2D eigenvalue weighted by Gasteiger charge is -2.34. The second kappa shape index (κ2) is 9.58. The quantitative estimate of drug-likeness (QED) is 0.627. The molecule has 34 heavy (non-hydrogen) atoms. The second-order valence-corrected chi connectivity index (χ2v) is 11.6. The topological polar surface area (TPSA) is 105 Å². The molecule has 1 amide bonds. The Morgan fingerprint density at radius 3 is 2.44 bits per heavy atom. The Labute approximate surface area is 198 Å². The van der Waals surface area contributed by atoms with Gasteiger partial charge in [-0.25, -0.2) is 12.7 Å². The number of rotatable bonds is 6. The fourth-order valence-corrected chi connectivity index (χ4v) is 6.66. The Kier molecular flexibility index (Phi) is 7.08. The monoisotopic (exact) mass is 500 g/mol. The minimum Gasteiger partial charge on any atom is -0.326 e. The Morgan fingerprint density at radius 1 is 1.15 bits per heavy atom. The Balaban J connectivity index is 1.41. The number of amides is 1. The normalized spacial score (nSPS) is 22.1. The van der Waals surface area contributed by atoms with Gasteiger partial charge in [0, 0.05) is 25.6 Å². The summed E-state index contributed by atoms with van der Waals surface area (Å²) in [6.07, 6.45) is 1.12. The number of piperidine rings is 1. The highest BCUT2D eigenvalue weighted by Crippen LogP contribution is 2.36. The van der Waals surface area contributed by atoms with Crippen molar-refractivity contribution in [1.82, 2.24) is 9.62 Å². The third-order valence-electron chi connectivity index (χ3n) is 7.28. The largest absolute Gasteiger partial charge is 0.416 e. The van der Waals surface area contributed by atoms with E-state index in [0.29, 0.717) is 5.56 Å². The van der Waals surface area contributed by atoms with Crippen molar-refractivity contribution < 1.29 is 26.4 Å². The molecule has 3 N–H and O–H groups in total. The number of sulfonamides is 1. The van der Waals surface area contributed by atoms with Crippen LogP contribution in [0.25, 0.3) is 0 Å². The van der Waals surface area contributed by atoms with E-state index < -0.39 is 33.1 Å². The summed E-state index contributed by atoms with van der Waals surface area (Å²) in [5, 5.41) is 2.94. The maximum Gasteiger partial charge on any atom is 0.416 e. The third kappa shape index (κ3) is 5.16. The zero-order chi connectivity index (χ0) is 24.6. The van der Waals surface area contributed by atoms with Gasteiger partial charge in [0.15, 0.2) is 0 Å². The molecule has 1 aromatic rings. The third-order valence-corrected chi connectivity index (χ3v) is 9.15. The van der Waals surface area contributed by atoms with Crippen molar-refractivity contribution in [2.45, 2.75) is 69.6 Å². The predicted octanol–water partition coefficient (Wildman–Crippen LogP) is 2.98. The number of carbonyl (C=O) groups excluding carboxylic acids is 1. The number of benzene rings is 1. The number of aryl methyl sites for hydroxylation is 1. The van der Waals surface area contributed by atoms with Crippen molar-refractivity contribution in [2.75, 3.05) is 18.8 Å². The smallest absolute Gasteiger partial charge is 0.326 e. The number of alkyl halides is 3. The van der Waals surface area contributed by atoms with Crippen molar-refractivity contribution >= 4 is 21.8 Å². The molecule has 188 valence electrons. The van der Waals surface area contributed by atoms with Gasteiger partial charge >= 0.3 is 6.18 Å². The summed E-state index contributed by atoms with van der Waals surface area (Å²) in [7, 11) is -3.80. The molecular weight excluding hydrogens is 469 g/mol. The van der Waals surface area contributed by atoms with Gasteiger partial charge in [0.2, 0.25) is 10.0 Å². The highest BCUT2D eigenvalue weighted by molar-refractivity contribution is 7.89. The van der Waals surface area contributed by atoms with Gasteiger partial charge < -0.3 is 11.1 Å². The number of amidine groups is 1. The lowest BCUT2D eigenvalue weighted by atomic mass is 9.88. The van der Waals surface area contributed by atoms with Crippen molar-refractivity contribution in [3.63, 3.8) is 0 Å². The molecular formula is C23H31F3N4O3S. The second-order valence-electron chi connectivity index (χ2n) is 9.48. The van der Waals surface area contributed by atoms with Crippen LogP contribution in [0.5, 0.6) is 0 Å². The van der Waals surface area contributed by atoms with Crippen LogP contribution in [0.3, 0.4) is 0 Å². The van der Waals surface area contributed by atoms with Crippen LogP contribution in [-0.4, -0.2) is 48.8 Å². The fraction of sp³-hybridized carbons (Fsp3) is 0.652. The van der Waals surface area contributed by atoms with Crippen LogP contribution in [0.4, 0.5) is 13.2 Å². The standard InChI is InChI=1S/C23H31F3N4O3S/c24-23(25,26)19-14-16(15-27)6-7-17(19)8-13-34(32,33)30-11-9-22(10-12-30)21(31)28-20(29-22)18-4-2-1-3-5-18/h6-7,14,18H,1-5,8-13,15,27H2,(H,28,29,31). The lowest BCUT2D eigenvalue weighted by molar-refractivity contribution is -0.138. The fourth-order valence-electron chi connectivity index (χ4n) is 5.18. The van der Waals surface area contributed by atoms with Crippen LogP contribution in [0.15, 0.2) is 23.2 Å². The molecule has 0 atom stereocenters. The summed E-state index contributed by atoms with van der Waals surface area (Å²) in [6, 6.07) is 3.77. The first-order valence-corrected chi connectivity index (χ1v) is 13.4. The van der Waals surface area contributed by atoms with E-state index in [1.165, 1.54) is 22.9 Å². The van der Waals surface area contributed by atoms with Gasteiger partial charge in [-0.1, -0.05) is 31.4 Å². The van der Waals surface area contributed by atoms with E-state index in [2.05, 4.69) is 5.32 Å². The van der Waals surface area contributed by atoms with E-state index in [4.69, 9.17) is 10.7 Å². The minimum absolute atomic E-state index is 0.0320. The van der Waals surface area contributed by atoms with E-state index in [1.54, 1.807) is 0 Å². The zero-order valence-electron chi connectivity index (χ0n) is 19.0. The predicted molar refractivity (Wildman–Crippen MR) is 123 cm³/mol. The number of nitrogens with zero attached hydrogens (tertiary/aromatic N) is 2. The van der Waals surface area contributed by atoms with Crippen LogP contribution < -0.4 is 11.1 Å². The number of nitrogens with two attached hydrogens (primary N) is 1. The molecule has 0 aromatic heterocycles. The van der Waals surface area contributed by atoms with Gasteiger partial charge in [0.25, 0.3) is 5.91 Å². The average Bonchev–Trinajstić information content (AvgIpc) is 3.13. The first kappa shape index (κ1) is 25.1. The van der Waals surface area contributed by atoms with E-state index in [9.17, 15) is 26.4 Å². The molecule has 4 rings (SSSR count). The first-order valence-electron chi connectivity index (χ1n) is 11.8. The summed E-state index contributed by atoms with van der Waals surface area (Å²) in [6.45, 7) is 0.209. The first-order chi connectivity index (χ1) is 16.0. The van der Waals surface area contributed by atoms with Crippen molar-refractivity contribution in [2.24, 2.45) is 16.6 Å². The number of hydrogen-bond acceptors (Lipinski definition) is 5. The molecule has 2 heterocycles. The SMILES string of the molecule is NCc1ccc(CCS(=O)(=O)N2CCC3(CC2)N=C(C2CCCCC2)NC3=O)c(C(F)(F)F)c1. The highest BCUT2D eigenvalue weighted by atomic mass is 32.2. The average molecular weight is 501 g/mol. The van der Waals surface area contributed by atoms with Crippen molar-refractivity contribution in [3.05, 3.63) is 34.9 Å². The van der Waals surface area contributed by atoms with Gasteiger partial charge in [0.05, 0.1) is 11.3 Å². The molecule has 1 spiro atoms. The molecule has 1 aliphatic carbocycles.